The molecule has 0 N–H and O–H groups in total. The van der Waals surface area contributed by atoms with E-state index in [0.717, 1.165) is 5.56 Å². The second-order valence-electron chi connectivity index (χ2n) is 5.49. The smallest absolute Gasteiger partial charge is 0.353 e. The minimum absolute atomic E-state index is 0.233. The number of hydrogen-bond donors (Lipinski definition) is 0. The van der Waals surface area contributed by atoms with Crippen LogP contribution in [-0.4, -0.2) is 52.8 Å². The zero-order valence-corrected chi connectivity index (χ0v) is 13.0. The zero-order valence-electron chi connectivity index (χ0n) is 12.2. The summed E-state index contributed by atoms with van der Waals surface area (Å²) in [5.74, 6) is 0. The van der Waals surface area contributed by atoms with Gasteiger partial charge in [0, 0.05) is 12.7 Å². The molecule has 1 aromatic rings. The van der Waals surface area contributed by atoms with Gasteiger partial charge >= 0.3 is 10.4 Å². The average Bonchev–Trinajstić information content (AvgIpc) is 2.90. The molecule has 0 bridgehead atoms. The minimum atomic E-state index is -4.09. The van der Waals surface area contributed by atoms with Gasteiger partial charge in [-0.1, -0.05) is 30.3 Å². The molecular weight excluding hydrogens is 328 g/mol. The van der Waals surface area contributed by atoms with Crippen LogP contribution in [0.4, 0.5) is 0 Å². The number of fused-ring (bicyclic) bond motifs is 3. The lowest BCUT2D eigenvalue weighted by Crippen LogP contribution is -2.61. The van der Waals surface area contributed by atoms with E-state index in [1.165, 1.54) is 7.11 Å². The fourth-order valence-electron chi connectivity index (χ4n) is 3.02. The molecule has 6 atom stereocenters. The quantitative estimate of drug-likeness (QED) is 0.766. The van der Waals surface area contributed by atoms with Gasteiger partial charge in [0.15, 0.2) is 18.7 Å². The molecule has 0 aromatic heterocycles. The summed E-state index contributed by atoms with van der Waals surface area (Å²) in [5, 5.41) is 0. The largest absolute Gasteiger partial charge is 0.400 e. The normalized spacial score (nSPS) is 42.0. The van der Waals surface area contributed by atoms with Crippen molar-refractivity contribution in [3.8, 4) is 0 Å². The maximum atomic E-state index is 11.6. The summed E-state index contributed by atoms with van der Waals surface area (Å²) in [6.07, 6.45) is -4.35. The summed E-state index contributed by atoms with van der Waals surface area (Å²) in [7, 11) is -2.67. The van der Waals surface area contributed by atoms with E-state index in [0.29, 0.717) is 0 Å². The van der Waals surface area contributed by atoms with Crippen molar-refractivity contribution in [3.63, 3.8) is 0 Å². The first-order valence-electron chi connectivity index (χ1n) is 7.19. The molecule has 23 heavy (non-hydrogen) atoms. The van der Waals surface area contributed by atoms with Gasteiger partial charge in [0.05, 0.1) is 6.61 Å². The lowest BCUT2D eigenvalue weighted by atomic mass is 9.98. The minimum Gasteiger partial charge on any atom is -0.353 e. The Hall–Kier alpha value is -1.07. The van der Waals surface area contributed by atoms with Crippen LogP contribution in [0, 0.1) is 0 Å². The second kappa shape index (κ2) is 5.78. The van der Waals surface area contributed by atoms with Crippen LogP contribution in [0.25, 0.3) is 0 Å². The van der Waals surface area contributed by atoms with Crippen LogP contribution in [0.5, 0.6) is 0 Å². The van der Waals surface area contributed by atoms with Crippen molar-refractivity contribution >= 4 is 10.4 Å². The zero-order chi connectivity index (χ0) is 16.0. The van der Waals surface area contributed by atoms with Crippen molar-refractivity contribution in [3.05, 3.63) is 35.9 Å². The number of hydrogen-bond acceptors (Lipinski definition) is 8. The number of methoxy groups -OCH3 is 1. The molecule has 3 fully saturated rings. The Labute approximate surface area is 133 Å². The average molecular weight is 344 g/mol. The van der Waals surface area contributed by atoms with Crippen LogP contribution in [0.1, 0.15) is 11.9 Å². The van der Waals surface area contributed by atoms with E-state index in [4.69, 9.17) is 27.3 Å². The highest BCUT2D eigenvalue weighted by molar-refractivity contribution is 7.82. The van der Waals surface area contributed by atoms with Gasteiger partial charge in [-0.15, -0.1) is 0 Å². The summed E-state index contributed by atoms with van der Waals surface area (Å²) in [6, 6.07) is 9.36. The van der Waals surface area contributed by atoms with Crippen LogP contribution in [0.3, 0.4) is 0 Å². The Morgan fingerprint density at radius 2 is 1.78 bits per heavy atom. The van der Waals surface area contributed by atoms with E-state index in [2.05, 4.69) is 0 Å². The van der Waals surface area contributed by atoms with E-state index in [-0.39, 0.29) is 6.61 Å². The molecule has 1 unspecified atom stereocenters. The highest BCUT2D eigenvalue weighted by atomic mass is 32.3. The third-order valence-corrected chi connectivity index (χ3v) is 4.96. The van der Waals surface area contributed by atoms with E-state index < -0.39 is 47.4 Å². The molecular formula is C14H16O8S. The van der Waals surface area contributed by atoms with Crippen molar-refractivity contribution in [1.82, 2.24) is 0 Å². The molecule has 4 rings (SSSR count). The van der Waals surface area contributed by atoms with Crippen LogP contribution in [-0.2, 0) is 37.7 Å². The van der Waals surface area contributed by atoms with Crippen molar-refractivity contribution in [1.29, 1.82) is 0 Å². The molecule has 3 aliphatic heterocycles. The number of benzene rings is 1. The van der Waals surface area contributed by atoms with Gasteiger partial charge < -0.3 is 18.9 Å². The highest BCUT2D eigenvalue weighted by Crippen LogP contribution is 2.40. The lowest BCUT2D eigenvalue weighted by molar-refractivity contribution is -0.343. The van der Waals surface area contributed by atoms with Crippen LogP contribution < -0.4 is 0 Å². The number of rotatable bonds is 2. The summed E-state index contributed by atoms with van der Waals surface area (Å²) in [6.45, 7) is 0.233. The maximum absolute atomic E-state index is 11.6. The van der Waals surface area contributed by atoms with Gasteiger partial charge in [-0.25, -0.2) is 8.37 Å². The third kappa shape index (κ3) is 2.78. The summed E-state index contributed by atoms with van der Waals surface area (Å²) < 4.78 is 55.7. The first-order valence-corrected chi connectivity index (χ1v) is 8.52. The molecule has 0 aliphatic carbocycles. The van der Waals surface area contributed by atoms with Gasteiger partial charge in [-0.2, -0.15) is 8.42 Å². The van der Waals surface area contributed by atoms with E-state index in [9.17, 15) is 8.42 Å². The Morgan fingerprint density at radius 1 is 1.04 bits per heavy atom. The lowest BCUT2D eigenvalue weighted by Gasteiger charge is -2.44. The molecule has 0 spiro atoms. The first kappa shape index (κ1) is 15.5. The van der Waals surface area contributed by atoms with Gasteiger partial charge in [0.25, 0.3) is 0 Å². The Kier molecular flexibility index (Phi) is 3.88. The van der Waals surface area contributed by atoms with Gasteiger partial charge in [-0.05, 0) is 0 Å². The maximum Gasteiger partial charge on any atom is 0.400 e. The molecule has 1 aromatic carbocycles. The Bertz CT molecular complexity index is 663. The third-order valence-electron chi connectivity index (χ3n) is 4.05. The van der Waals surface area contributed by atoms with E-state index in [1.54, 1.807) is 0 Å². The first-order chi connectivity index (χ1) is 11.1. The summed E-state index contributed by atoms with van der Waals surface area (Å²) in [5.41, 5.74) is 0.832. The van der Waals surface area contributed by atoms with Crippen LogP contribution in [0.2, 0.25) is 0 Å². The SMILES string of the molecule is CO[C@@H]1O[C@@H]2COC(c3ccccc3)O[C@H]2[C@@H]2OS(=O)(=O)O[C@@H]12. The van der Waals surface area contributed by atoms with Crippen molar-refractivity contribution in [2.75, 3.05) is 13.7 Å². The molecule has 126 valence electrons. The molecule has 0 saturated carbocycles. The van der Waals surface area contributed by atoms with E-state index in [1.807, 2.05) is 30.3 Å². The van der Waals surface area contributed by atoms with E-state index >= 15 is 0 Å². The predicted octanol–water partition coefficient (Wildman–Crippen LogP) is 0.501. The molecule has 3 aliphatic rings. The monoisotopic (exact) mass is 344 g/mol. The second-order valence-corrected chi connectivity index (χ2v) is 6.69. The molecule has 3 heterocycles. The number of ether oxygens (including phenoxy) is 4. The van der Waals surface area contributed by atoms with Gasteiger partial charge in [-0.3, -0.25) is 0 Å². The van der Waals surface area contributed by atoms with Gasteiger partial charge in [0.1, 0.15) is 18.3 Å². The van der Waals surface area contributed by atoms with Crippen LogP contribution in [0.15, 0.2) is 30.3 Å². The molecule has 0 amide bonds. The van der Waals surface area contributed by atoms with Crippen molar-refractivity contribution in [2.45, 2.75) is 37.0 Å². The fourth-order valence-corrected chi connectivity index (χ4v) is 4.03. The Balaban J connectivity index is 1.59. The summed E-state index contributed by atoms with van der Waals surface area (Å²) >= 11 is 0. The van der Waals surface area contributed by atoms with Crippen molar-refractivity contribution in [2.24, 2.45) is 0 Å². The highest BCUT2D eigenvalue weighted by Gasteiger charge is 2.58. The summed E-state index contributed by atoms with van der Waals surface area (Å²) in [4.78, 5) is 0. The molecule has 3 saturated heterocycles. The predicted molar refractivity (Wildman–Crippen MR) is 74.3 cm³/mol. The molecule has 8 nitrogen and oxygen atoms in total. The standard InChI is InChI=1S/C14H16O8S/c1-17-14-12-11(21-23(15,16)22-12)10-9(19-14)7-18-13(20-10)8-5-3-2-4-6-8/h2-6,9-14H,7H2,1H3/t9-,10-,11+,12-,13?,14-/m1/s1. The molecule has 0 radical (unpaired) electrons. The Morgan fingerprint density at radius 3 is 2.52 bits per heavy atom. The van der Waals surface area contributed by atoms with Gasteiger partial charge in [0.2, 0.25) is 0 Å². The topological polar surface area (TPSA) is 89.5 Å². The van der Waals surface area contributed by atoms with Crippen LogP contribution >= 0.6 is 0 Å². The van der Waals surface area contributed by atoms with Crippen molar-refractivity contribution < 1.29 is 35.7 Å². The molecule has 9 heteroatoms. The fraction of sp³-hybridized carbons (Fsp3) is 0.571.